The van der Waals surface area contributed by atoms with Crippen molar-refractivity contribution < 1.29 is 18.7 Å². The van der Waals surface area contributed by atoms with E-state index < -0.39 is 11.7 Å². The summed E-state index contributed by atoms with van der Waals surface area (Å²) in [6.07, 6.45) is 5.01. The van der Waals surface area contributed by atoms with Crippen molar-refractivity contribution in [2.24, 2.45) is 5.73 Å². The van der Waals surface area contributed by atoms with E-state index in [1.807, 2.05) is 0 Å². The Morgan fingerprint density at radius 2 is 1.93 bits per heavy atom. The van der Waals surface area contributed by atoms with Crippen LogP contribution in [-0.2, 0) is 0 Å². The highest BCUT2D eigenvalue weighted by atomic mass is 19.1. The first-order valence-electron chi connectivity index (χ1n) is 8.92. The number of hydrogen-bond donors (Lipinski definition) is 2. The fourth-order valence-electron chi connectivity index (χ4n) is 3.07. The van der Waals surface area contributed by atoms with Gasteiger partial charge in [-0.3, -0.25) is 4.79 Å². The van der Waals surface area contributed by atoms with Crippen molar-refractivity contribution in [1.82, 2.24) is 14.4 Å². The van der Waals surface area contributed by atoms with Gasteiger partial charge in [-0.25, -0.2) is 14.4 Å². The van der Waals surface area contributed by atoms with E-state index in [0.717, 1.165) is 6.07 Å². The molecule has 0 aliphatic heterocycles. The standard InChI is InChI=1S/C21H18FN5O3/c1-29-17-6-4-13(10-18(17)30-2)25-20-21-24-7-8-27(21)11-16(26-20)14-5-3-12(19(23)28)9-15(14)22/h3-11H,1-2H3,(H2,23,28)(H,25,26). The van der Waals surface area contributed by atoms with Gasteiger partial charge in [0.2, 0.25) is 5.91 Å². The van der Waals surface area contributed by atoms with Crippen molar-refractivity contribution in [3.05, 3.63) is 66.4 Å². The van der Waals surface area contributed by atoms with Crippen molar-refractivity contribution in [2.75, 3.05) is 19.5 Å². The normalized spacial score (nSPS) is 10.8. The van der Waals surface area contributed by atoms with Gasteiger partial charge < -0.3 is 24.9 Å². The summed E-state index contributed by atoms with van der Waals surface area (Å²) in [5.41, 5.74) is 7.14. The van der Waals surface area contributed by atoms with Crippen molar-refractivity contribution in [2.45, 2.75) is 0 Å². The lowest BCUT2D eigenvalue weighted by Crippen LogP contribution is -2.11. The van der Waals surface area contributed by atoms with E-state index in [4.69, 9.17) is 15.2 Å². The number of primary amides is 1. The van der Waals surface area contributed by atoms with Crippen molar-refractivity contribution in [3.8, 4) is 22.8 Å². The summed E-state index contributed by atoms with van der Waals surface area (Å²) in [4.78, 5) is 20.2. The van der Waals surface area contributed by atoms with Gasteiger partial charge in [0.05, 0.1) is 19.9 Å². The number of rotatable bonds is 6. The van der Waals surface area contributed by atoms with Gasteiger partial charge in [0.25, 0.3) is 0 Å². The second-order valence-corrected chi connectivity index (χ2v) is 6.39. The molecule has 4 aromatic rings. The third kappa shape index (κ3) is 3.48. The topological polar surface area (TPSA) is 104 Å². The minimum Gasteiger partial charge on any atom is -0.493 e. The molecular formula is C21H18FN5O3. The van der Waals surface area contributed by atoms with Crippen LogP contribution in [0.4, 0.5) is 15.9 Å². The third-order valence-electron chi connectivity index (χ3n) is 4.55. The first kappa shape index (κ1) is 19.2. The van der Waals surface area contributed by atoms with Crippen LogP contribution in [0.15, 0.2) is 55.0 Å². The number of benzene rings is 2. The first-order chi connectivity index (χ1) is 14.5. The molecule has 0 spiro atoms. The maximum Gasteiger partial charge on any atom is 0.248 e. The van der Waals surface area contributed by atoms with Crippen molar-refractivity contribution in [1.29, 1.82) is 0 Å². The molecule has 2 aromatic carbocycles. The molecule has 0 aliphatic rings. The van der Waals surface area contributed by atoms with Gasteiger partial charge in [-0.2, -0.15) is 0 Å². The van der Waals surface area contributed by atoms with Gasteiger partial charge in [0.1, 0.15) is 5.82 Å². The summed E-state index contributed by atoms with van der Waals surface area (Å²) in [5.74, 6) is 0.256. The van der Waals surface area contributed by atoms with Crippen LogP contribution in [0.5, 0.6) is 11.5 Å². The lowest BCUT2D eigenvalue weighted by molar-refractivity contribution is 0.1000. The summed E-state index contributed by atoms with van der Waals surface area (Å²) in [6.45, 7) is 0. The van der Waals surface area contributed by atoms with Crippen LogP contribution in [0.1, 0.15) is 10.4 Å². The molecule has 0 unspecified atom stereocenters. The molecular weight excluding hydrogens is 389 g/mol. The highest BCUT2D eigenvalue weighted by Crippen LogP contribution is 2.32. The SMILES string of the molecule is COc1ccc(Nc2nc(-c3ccc(C(N)=O)cc3F)cn3ccnc23)cc1OC. The average Bonchev–Trinajstić information content (AvgIpc) is 3.22. The summed E-state index contributed by atoms with van der Waals surface area (Å²) >= 11 is 0. The molecule has 0 saturated carbocycles. The number of anilines is 2. The Labute approximate surface area is 171 Å². The fourth-order valence-corrected chi connectivity index (χ4v) is 3.07. The molecule has 4 rings (SSSR count). The zero-order valence-corrected chi connectivity index (χ0v) is 16.2. The zero-order valence-electron chi connectivity index (χ0n) is 16.2. The maximum atomic E-state index is 14.6. The number of carbonyl (C=O) groups excluding carboxylic acids is 1. The molecule has 2 heterocycles. The minimum atomic E-state index is -0.700. The van der Waals surface area contributed by atoms with E-state index in [1.165, 1.54) is 12.1 Å². The van der Waals surface area contributed by atoms with E-state index in [1.54, 1.807) is 55.4 Å². The number of aromatic nitrogens is 3. The predicted molar refractivity (Wildman–Crippen MR) is 110 cm³/mol. The van der Waals surface area contributed by atoms with Crippen LogP contribution in [0.2, 0.25) is 0 Å². The van der Waals surface area contributed by atoms with E-state index in [2.05, 4.69) is 15.3 Å². The molecule has 0 bridgehead atoms. The monoisotopic (exact) mass is 407 g/mol. The Morgan fingerprint density at radius 1 is 1.13 bits per heavy atom. The number of hydrogen-bond acceptors (Lipinski definition) is 6. The second-order valence-electron chi connectivity index (χ2n) is 6.39. The second kappa shape index (κ2) is 7.70. The molecule has 0 aliphatic carbocycles. The number of nitrogens with one attached hydrogen (secondary N) is 1. The Hall–Kier alpha value is -4.14. The van der Waals surface area contributed by atoms with Crippen molar-refractivity contribution >= 4 is 23.1 Å². The van der Waals surface area contributed by atoms with Crippen LogP contribution in [0.3, 0.4) is 0 Å². The van der Waals surface area contributed by atoms with Gasteiger partial charge in [0, 0.05) is 41.5 Å². The number of nitrogens with two attached hydrogens (primary N) is 1. The van der Waals surface area contributed by atoms with Gasteiger partial charge in [0.15, 0.2) is 23.0 Å². The lowest BCUT2D eigenvalue weighted by Gasteiger charge is -2.13. The molecule has 8 nitrogen and oxygen atoms in total. The average molecular weight is 407 g/mol. The van der Waals surface area contributed by atoms with Crippen LogP contribution in [-0.4, -0.2) is 34.5 Å². The number of carbonyl (C=O) groups is 1. The fraction of sp³-hybridized carbons (Fsp3) is 0.0952. The van der Waals surface area contributed by atoms with Crippen LogP contribution >= 0.6 is 0 Å². The molecule has 0 saturated heterocycles. The smallest absolute Gasteiger partial charge is 0.248 e. The largest absolute Gasteiger partial charge is 0.493 e. The summed E-state index contributed by atoms with van der Waals surface area (Å²) in [5, 5.41) is 3.19. The molecule has 3 N–H and O–H groups in total. The van der Waals surface area contributed by atoms with Gasteiger partial charge in [-0.15, -0.1) is 0 Å². The number of fused-ring (bicyclic) bond motifs is 1. The van der Waals surface area contributed by atoms with Gasteiger partial charge in [-0.1, -0.05) is 0 Å². The minimum absolute atomic E-state index is 0.0867. The number of amides is 1. The molecule has 0 fully saturated rings. The molecule has 1 amide bonds. The van der Waals surface area contributed by atoms with Crippen LogP contribution in [0.25, 0.3) is 16.9 Å². The zero-order chi connectivity index (χ0) is 21.3. The van der Waals surface area contributed by atoms with Gasteiger partial charge in [-0.05, 0) is 30.3 Å². The Kier molecular flexibility index (Phi) is 4.93. The van der Waals surface area contributed by atoms with Crippen molar-refractivity contribution in [3.63, 3.8) is 0 Å². The number of nitrogens with zero attached hydrogens (tertiary/aromatic N) is 3. The molecule has 30 heavy (non-hydrogen) atoms. The summed E-state index contributed by atoms with van der Waals surface area (Å²) < 4.78 is 27.0. The number of methoxy groups -OCH3 is 2. The third-order valence-corrected chi connectivity index (χ3v) is 4.55. The maximum absolute atomic E-state index is 14.6. The quantitative estimate of drug-likeness (QED) is 0.508. The summed E-state index contributed by atoms with van der Waals surface area (Å²) in [6, 6.07) is 9.35. The molecule has 0 radical (unpaired) electrons. The predicted octanol–water partition coefficient (Wildman–Crippen LogP) is 3.40. The van der Waals surface area contributed by atoms with Crippen LogP contribution < -0.4 is 20.5 Å². The first-order valence-corrected chi connectivity index (χ1v) is 8.92. The van der Waals surface area contributed by atoms with E-state index in [0.29, 0.717) is 34.3 Å². The lowest BCUT2D eigenvalue weighted by atomic mass is 10.1. The Bertz CT molecular complexity index is 1250. The number of ether oxygens (including phenoxy) is 2. The number of imidazole rings is 1. The summed E-state index contributed by atoms with van der Waals surface area (Å²) in [7, 11) is 3.11. The van der Waals surface area contributed by atoms with E-state index in [9.17, 15) is 9.18 Å². The molecule has 152 valence electrons. The highest BCUT2D eigenvalue weighted by Gasteiger charge is 2.15. The highest BCUT2D eigenvalue weighted by molar-refractivity contribution is 5.93. The van der Waals surface area contributed by atoms with E-state index in [-0.39, 0.29) is 11.1 Å². The van der Waals surface area contributed by atoms with Crippen LogP contribution in [0, 0.1) is 5.82 Å². The Balaban J connectivity index is 1.78. The molecule has 0 atom stereocenters. The van der Waals surface area contributed by atoms with Gasteiger partial charge >= 0.3 is 0 Å². The molecule has 9 heteroatoms. The Morgan fingerprint density at radius 3 is 2.63 bits per heavy atom. The van der Waals surface area contributed by atoms with E-state index >= 15 is 0 Å². The molecule has 2 aromatic heterocycles. The number of halogens is 1.